The van der Waals surface area contributed by atoms with Crippen molar-refractivity contribution in [3.63, 3.8) is 0 Å². The first-order valence-corrected chi connectivity index (χ1v) is 15.5. The van der Waals surface area contributed by atoms with Crippen LogP contribution >= 0.6 is 0 Å². The van der Waals surface area contributed by atoms with Crippen LogP contribution in [-0.2, 0) is 0 Å². The first-order valence-electron chi connectivity index (χ1n) is 15.5. The van der Waals surface area contributed by atoms with E-state index in [0.717, 1.165) is 55.5 Å². The van der Waals surface area contributed by atoms with Gasteiger partial charge >= 0.3 is 0 Å². The molecule has 0 saturated carbocycles. The Kier molecular flexibility index (Phi) is 6.12. The molecular weight excluding hydrogens is 536 g/mol. The molecule has 0 saturated heterocycles. The number of fused-ring (bicyclic) bond motifs is 6. The van der Waals surface area contributed by atoms with Gasteiger partial charge in [-0.05, 0) is 83.6 Å². The lowest BCUT2D eigenvalue weighted by Gasteiger charge is -2.11. The molecule has 4 heterocycles. The molecule has 8 aromatic rings. The van der Waals surface area contributed by atoms with Gasteiger partial charge in [-0.15, -0.1) is 0 Å². The smallest absolute Gasteiger partial charge is 0.0963 e. The van der Waals surface area contributed by atoms with E-state index in [4.69, 9.17) is 9.97 Å². The van der Waals surface area contributed by atoms with Crippen LogP contribution in [0.25, 0.3) is 66.4 Å². The lowest BCUT2D eigenvalue weighted by atomic mass is 10.0. The van der Waals surface area contributed by atoms with E-state index < -0.39 is 0 Å². The van der Waals surface area contributed by atoms with Crippen LogP contribution in [0.1, 0.15) is 50.7 Å². The van der Waals surface area contributed by atoms with Gasteiger partial charge in [0.2, 0.25) is 0 Å². The molecule has 0 radical (unpaired) electrons. The van der Waals surface area contributed by atoms with Gasteiger partial charge in [0.25, 0.3) is 0 Å². The van der Waals surface area contributed by atoms with E-state index in [9.17, 15) is 0 Å². The highest BCUT2D eigenvalue weighted by Gasteiger charge is 2.17. The van der Waals surface area contributed by atoms with Gasteiger partial charge in [-0.1, -0.05) is 76.2 Å². The van der Waals surface area contributed by atoms with E-state index in [1.54, 1.807) is 0 Å². The zero-order valence-corrected chi connectivity index (χ0v) is 25.5. The monoisotopic (exact) mass is 570 g/mol. The second kappa shape index (κ2) is 10.2. The van der Waals surface area contributed by atoms with Crippen LogP contribution in [-0.4, -0.2) is 19.1 Å². The molecule has 0 fully saturated rings. The highest BCUT2D eigenvalue weighted by Crippen LogP contribution is 2.37. The molecule has 0 unspecified atom stereocenters. The Balaban J connectivity index is 1.31. The minimum atomic E-state index is 0.493. The second-order valence-electron chi connectivity index (χ2n) is 12.4. The minimum Gasteiger partial charge on any atom is -0.309 e. The van der Waals surface area contributed by atoms with Gasteiger partial charge < -0.3 is 9.13 Å². The van der Waals surface area contributed by atoms with Crippen LogP contribution in [0.2, 0.25) is 0 Å². The highest BCUT2D eigenvalue weighted by molar-refractivity contribution is 6.11. The summed E-state index contributed by atoms with van der Waals surface area (Å²) in [5.41, 5.74) is 12.6. The third-order valence-corrected chi connectivity index (χ3v) is 9.01. The number of aromatic nitrogens is 4. The number of hydrogen-bond acceptors (Lipinski definition) is 2. The topological polar surface area (TPSA) is 35.6 Å². The average molecular weight is 571 g/mol. The molecule has 0 N–H and O–H groups in total. The largest absolute Gasteiger partial charge is 0.309 e. The fourth-order valence-electron chi connectivity index (χ4n) is 6.59. The zero-order valence-electron chi connectivity index (χ0n) is 25.5. The molecule has 4 heteroatoms. The van der Waals surface area contributed by atoms with E-state index in [1.807, 2.05) is 18.5 Å². The maximum atomic E-state index is 5.01. The van der Waals surface area contributed by atoms with Gasteiger partial charge in [0, 0.05) is 45.5 Å². The Hall–Kier alpha value is -5.22. The second-order valence-corrected chi connectivity index (χ2v) is 12.4. The SMILES string of the molecule is CC(C)c1ccc(-n2c3ccccc3c3cnc(-c4ccc5c(c4)c4ncccc4n5-c4ccc(C(C)C)cc4)cc32)cc1. The number of nitrogens with zero attached hydrogens (tertiary/aromatic N) is 4. The van der Waals surface area contributed by atoms with Crippen LogP contribution in [0.5, 0.6) is 0 Å². The number of para-hydroxylation sites is 1. The summed E-state index contributed by atoms with van der Waals surface area (Å²) in [6.07, 6.45) is 3.92. The molecule has 4 aromatic carbocycles. The molecular formula is C40H34N4. The molecule has 4 nitrogen and oxygen atoms in total. The number of benzene rings is 4. The fraction of sp³-hybridized carbons (Fsp3) is 0.150. The van der Waals surface area contributed by atoms with Crippen molar-refractivity contribution in [2.75, 3.05) is 0 Å². The zero-order chi connectivity index (χ0) is 29.9. The van der Waals surface area contributed by atoms with Gasteiger partial charge in [-0.2, -0.15) is 0 Å². The summed E-state index contributed by atoms with van der Waals surface area (Å²) >= 11 is 0. The van der Waals surface area contributed by atoms with E-state index in [2.05, 4.69) is 140 Å². The third-order valence-electron chi connectivity index (χ3n) is 9.01. The van der Waals surface area contributed by atoms with Crippen molar-refractivity contribution in [3.8, 4) is 22.6 Å². The van der Waals surface area contributed by atoms with Gasteiger partial charge in [0.1, 0.15) is 0 Å². The summed E-state index contributed by atoms with van der Waals surface area (Å²) < 4.78 is 4.69. The van der Waals surface area contributed by atoms with Crippen LogP contribution in [0.4, 0.5) is 0 Å². The number of pyridine rings is 2. The molecule has 8 rings (SSSR count). The molecule has 44 heavy (non-hydrogen) atoms. The van der Waals surface area contributed by atoms with Crippen LogP contribution in [0.15, 0.2) is 122 Å². The summed E-state index contributed by atoms with van der Waals surface area (Å²) in [5, 5.41) is 3.49. The van der Waals surface area contributed by atoms with Crippen molar-refractivity contribution < 1.29 is 0 Å². The predicted molar refractivity (Wildman–Crippen MR) is 184 cm³/mol. The lowest BCUT2D eigenvalue weighted by Crippen LogP contribution is -1.96. The molecule has 0 aliphatic heterocycles. The van der Waals surface area contributed by atoms with E-state index >= 15 is 0 Å². The highest BCUT2D eigenvalue weighted by atomic mass is 15.0. The molecule has 0 atom stereocenters. The number of hydrogen-bond donors (Lipinski definition) is 0. The van der Waals surface area contributed by atoms with Crippen LogP contribution < -0.4 is 0 Å². The summed E-state index contributed by atoms with van der Waals surface area (Å²) in [6.45, 7) is 8.93. The van der Waals surface area contributed by atoms with Gasteiger partial charge in [-0.3, -0.25) is 9.97 Å². The summed E-state index contributed by atoms with van der Waals surface area (Å²) in [7, 11) is 0. The van der Waals surface area contributed by atoms with Crippen molar-refractivity contribution in [1.29, 1.82) is 0 Å². The van der Waals surface area contributed by atoms with Crippen LogP contribution in [0.3, 0.4) is 0 Å². The summed E-state index contributed by atoms with van der Waals surface area (Å²) in [4.78, 5) is 9.85. The van der Waals surface area contributed by atoms with E-state index in [0.29, 0.717) is 11.8 Å². The molecule has 4 aromatic heterocycles. The molecule has 0 bridgehead atoms. The Morgan fingerprint density at radius 3 is 1.80 bits per heavy atom. The van der Waals surface area contributed by atoms with Crippen molar-refractivity contribution >= 4 is 43.7 Å². The van der Waals surface area contributed by atoms with Crippen molar-refractivity contribution in [2.24, 2.45) is 0 Å². The maximum Gasteiger partial charge on any atom is 0.0963 e. The van der Waals surface area contributed by atoms with Gasteiger partial charge in [-0.25, -0.2) is 0 Å². The first-order chi connectivity index (χ1) is 21.5. The lowest BCUT2D eigenvalue weighted by molar-refractivity contribution is 0.865. The average Bonchev–Trinajstić information content (AvgIpc) is 3.57. The molecule has 0 amide bonds. The standard InChI is InChI=1S/C40H34N4/c1-25(2)27-11-16-30(17-12-27)43-37-20-15-29(22-33(37)40-38(43)10-7-21-41-40)35-23-39-34(24-42-35)32-8-5-6-9-36(32)44(39)31-18-13-28(14-19-31)26(3)4/h5-26H,1-4H3. The van der Waals surface area contributed by atoms with Crippen molar-refractivity contribution in [1.82, 2.24) is 19.1 Å². The Morgan fingerprint density at radius 2 is 1.11 bits per heavy atom. The Morgan fingerprint density at radius 1 is 0.500 bits per heavy atom. The maximum absolute atomic E-state index is 5.01. The Labute approximate surface area is 257 Å². The quantitative estimate of drug-likeness (QED) is 0.206. The first kappa shape index (κ1) is 26.4. The van der Waals surface area contributed by atoms with Gasteiger partial charge in [0.15, 0.2) is 0 Å². The molecule has 0 spiro atoms. The fourth-order valence-corrected chi connectivity index (χ4v) is 6.59. The van der Waals surface area contributed by atoms with Gasteiger partial charge in [0.05, 0.1) is 33.3 Å². The molecule has 214 valence electrons. The van der Waals surface area contributed by atoms with Crippen molar-refractivity contribution in [3.05, 3.63) is 133 Å². The summed E-state index contributed by atoms with van der Waals surface area (Å²) in [6, 6.07) is 39.6. The molecule has 0 aliphatic carbocycles. The summed E-state index contributed by atoms with van der Waals surface area (Å²) in [5.74, 6) is 0.988. The predicted octanol–water partition coefficient (Wildman–Crippen LogP) is 10.6. The van der Waals surface area contributed by atoms with E-state index in [1.165, 1.54) is 22.0 Å². The third kappa shape index (κ3) is 4.13. The number of rotatable bonds is 5. The van der Waals surface area contributed by atoms with E-state index in [-0.39, 0.29) is 0 Å². The van der Waals surface area contributed by atoms with Crippen LogP contribution in [0, 0.1) is 0 Å². The van der Waals surface area contributed by atoms with Crippen molar-refractivity contribution in [2.45, 2.75) is 39.5 Å². The minimum absolute atomic E-state index is 0.493. The molecule has 0 aliphatic rings. The Bertz CT molecular complexity index is 2320. The normalized spacial score (nSPS) is 12.0.